The number of hydrogen-bond donors (Lipinski definition) is 0. The Morgan fingerprint density at radius 1 is 1.38 bits per heavy atom. The predicted octanol–water partition coefficient (Wildman–Crippen LogP) is 3.55. The van der Waals surface area contributed by atoms with Crippen LogP contribution < -0.4 is 0 Å². The minimum absolute atomic E-state index is 0.525. The molecule has 0 radical (unpaired) electrons. The third kappa shape index (κ3) is 2.02. The van der Waals surface area contributed by atoms with Crippen molar-refractivity contribution in [1.82, 2.24) is 9.97 Å². The van der Waals surface area contributed by atoms with Crippen molar-refractivity contribution in [3.05, 3.63) is 21.6 Å². The molecule has 1 aliphatic rings. The van der Waals surface area contributed by atoms with E-state index in [4.69, 9.17) is 11.6 Å². The zero-order valence-corrected chi connectivity index (χ0v) is 9.48. The first-order valence-electron chi connectivity index (χ1n) is 4.45. The Labute approximate surface area is 90.9 Å². The van der Waals surface area contributed by atoms with E-state index in [1.807, 2.05) is 0 Å². The SMILES string of the molecule is Clc1nc(C2CCCC2)ncc1Br. The summed E-state index contributed by atoms with van der Waals surface area (Å²) >= 11 is 9.18. The van der Waals surface area contributed by atoms with Crippen LogP contribution in [-0.4, -0.2) is 9.97 Å². The van der Waals surface area contributed by atoms with Crippen LogP contribution in [0.4, 0.5) is 0 Å². The highest BCUT2D eigenvalue weighted by atomic mass is 79.9. The lowest BCUT2D eigenvalue weighted by Gasteiger charge is -2.07. The second kappa shape index (κ2) is 3.93. The summed E-state index contributed by atoms with van der Waals surface area (Å²) in [6, 6.07) is 0. The molecule has 4 heteroatoms. The van der Waals surface area contributed by atoms with Gasteiger partial charge in [-0.05, 0) is 28.8 Å². The van der Waals surface area contributed by atoms with Gasteiger partial charge in [0.1, 0.15) is 11.0 Å². The van der Waals surface area contributed by atoms with Crippen molar-refractivity contribution < 1.29 is 0 Å². The van der Waals surface area contributed by atoms with E-state index >= 15 is 0 Å². The van der Waals surface area contributed by atoms with Gasteiger partial charge in [-0.15, -0.1) is 0 Å². The van der Waals surface area contributed by atoms with Gasteiger partial charge < -0.3 is 0 Å². The van der Waals surface area contributed by atoms with Crippen LogP contribution in [0.5, 0.6) is 0 Å². The van der Waals surface area contributed by atoms with E-state index in [0.29, 0.717) is 11.1 Å². The summed E-state index contributed by atoms with van der Waals surface area (Å²) in [6.07, 6.45) is 6.74. The molecule has 0 bridgehead atoms. The fraction of sp³-hybridized carbons (Fsp3) is 0.556. The summed E-state index contributed by atoms with van der Waals surface area (Å²) < 4.78 is 0.774. The molecule has 70 valence electrons. The van der Waals surface area contributed by atoms with E-state index < -0.39 is 0 Å². The average molecular weight is 262 g/mol. The molecule has 1 saturated carbocycles. The summed E-state index contributed by atoms with van der Waals surface area (Å²) in [5, 5.41) is 0.525. The van der Waals surface area contributed by atoms with Crippen LogP contribution in [0, 0.1) is 0 Å². The summed E-state index contributed by atoms with van der Waals surface area (Å²) in [5.74, 6) is 1.44. The maximum absolute atomic E-state index is 5.89. The normalized spacial score (nSPS) is 18.0. The van der Waals surface area contributed by atoms with Crippen molar-refractivity contribution in [1.29, 1.82) is 0 Å². The fourth-order valence-corrected chi connectivity index (χ4v) is 2.07. The van der Waals surface area contributed by atoms with Gasteiger partial charge in [0, 0.05) is 12.1 Å². The second-order valence-corrected chi connectivity index (χ2v) is 4.56. The zero-order chi connectivity index (χ0) is 9.26. The maximum atomic E-state index is 5.89. The monoisotopic (exact) mass is 260 g/mol. The molecule has 0 N–H and O–H groups in total. The summed E-state index contributed by atoms with van der Waals surface area (Å²) in [4.78, 5) is 8.54. The Balaban J connectivity index is 2.25. The molecule has 0 amide bonds. The van der Waals surface area contributed by atoms with Gasteiger partial charge in [0.2, 0.25) is 0 Å². The van der Waals surface area contributed by atoms with Crippen LogP contribution in [0.25, 0.3) is 0 Å². The largest absolute Gasteiger partial charge is 0.240 e. The first-order valence-corrected chi connectivity index (χ1v) is 5.62. The highest BCUT2D eigenvalue weighted by Crippen LogP contribution is 2.33. The van der Waals surface area contributed by atoms with Crippen molar-refractivity contribution in [2.45, 2.75) is 31.6 Å². The van der Waals surface area contributed by atoms with E-state index in [1.54, 1.807) is 6.20 Å². The Morgan fingerprint density at radius 2 is 2.08 bits per heavy atom. The molecule has 0 spiro atoms. The Bertz CT molecular complexity index is 310. The van der Waals surface area contributed by atoms with Crippen LogP contribution in [0.1, 0.15) is 37.4 Å². The molecule has 2 nitrogen and oxygen atoms in total. The van der Waals surface area contributed by atoms with Crippen LogP contribution in [0.2, 0.25) is 5.15 Å². The van der Waals surface area contributed by atoms with E-state index in [9.17, 15) is 0 Å². The van der Waals surface area contributed by atoms with Crippen LogP contribution >= 0.6 is 27.5 Å². The van der Waals surface area contributed by atoms with Gasteiger partial charge in [0.15, 0.2) is 0 Å². The molecular formula is C9H10BrClN2. The molecule has 1 aromatic rings. The number of halogens is 2. The molecule has 0 unspecified atom stereocenters. The van der Waals surface area contributed by atoms with E-state index in [-0.39, 0.29) is 0 Å². The van der Waals surface area contributed by atoms with Gasteiger partial charge in [-0.1, -0.05) is 24.4 Å². The Hall–Kier alpha value is -0.150. The molecule has 1 aromatic heterocycles. The molecule has 0 aromatic carbocycles. The van der Waals surface area contributed by atoms with Crippen molar-refractivity contribution in [2.75, 3.05) is 0 Å². The van der Waals surface area contributed by atoms with E-state index in [2.05, 4.69) is 25.9 Å². The van der Waals surface area contributed by atoms with Crippen molar-refractivity contribution in [2.24, 2.45) is 0 Å². The zero-order valence-electron chi connectivity index (χ0n) is 7.13. The number of nitrogens with zero attached hydrogens (tertiary/aromatic N) is 2. The lowest BCUT2D eigenvalue weighted by Crippen LogP contribution is -2.00. The van der Waals surface area contributed by atoms with Crippen LogP contribution in [-0.2, 0) is 0 Å². The lowest BCUT2D eigenvalue weighted by atomic mass is 10.1. The quantitative estimate of drug-likeness (QED) is 0.723. The van der Waals surface area contributed by atoms with E-state index in [1.165, 1.54) is 25.7 Å². The third-order valence-corrected chi connectivity index (χ3v) is 3.54. The Kier molecular flexibility index (Phi) is 2.84. The number of rotatable bonds is 1. The Morgan fingerprint density at radius 3 is 2.69 bits per heavy atom. The van der Waals surface area contributed by atoms with Crippen molar-refractivity contribution >= 4 is 27.5 Å². The molecule has 13 heavy (non-hydrogen) atoms. The number of hydrogen-bond acceptors (Lipinski definition) is 2. The minimum atomic E-state index is 0.525. The van der Waals surface area contributed by atoms with Gasteiger partial charge in [-0.25, -0.2) is 9.97 Å². The van der Waals surface area contributed by atoms with Gasteiger partial charge in [0.25, 0.3) is 0 Å². The van der Waals surface area contributed by atoms with Crippen LogP contribution in [0.15, 0.2) is 10.7 Å². The summed E-state index contributed by atoms with van der Waals surface area (Å²) in [5.41, 5.74) is 0. The fourth-order valence-electron chi connectivity index (χ4n) is 1.74. The highest BCUT2D eigenvalue weighted by Gasteiger charge is 2.20. The molecule has 2 rings (SSSR count). The van der Waals surface area contributed by atoms with Gasteiger partial charge >= 0.3 is 0 Å². The van der Waals surface area contributed by atoms with Crippen molar-refractivity contribution in [3.8, 4) is 0 Å². The van der Waals surface area contributed by atoms with Gasteiger partial charge in [0.05, 0.1) is 4.47 Å². The summed E-state index contributed by atoms with van der Waals surface area (Å²) in [6.45, 7) is 0. The van der Waals surface area contributed by atoms with Crippen LogP contribution in [0.3, 0.4) is 0 Å². The molecule has 1 heterocycles. The lowest BCUT2D eigenvalue weighted by molar-refractivity contribution is 0.667. The predicted molar refractivity (Wildman–Crippen MR) is 56.0 cm³/mol. The minimum Gasteiger partial charge on any atom is -0.240 e. The molecule has 0 atom stereocenters. The molecule has 0 saturated heterocycles. The topological polar surface area (TPSA) is 25.8 Å². The smallest absolute Gasteiger partial charge is 0.146 e. The molecule has 1 fully saturated rings. The number of aromatic nitrogens is 2. The third-order valence-electron chi connectivity index (χ3n) is 2.44. The standard InChI is InChI=1S/C9H10BrClN2/c10-7-5-12-9(13-8(7)11)6-3-1-2-4-6/h5-6H,1-4H2. The highest BCUT2D eigenvalue weighted by molar-refractivity contribution is 9.10. The average Bonchev–Trinajstić information content (AvgIpc) is 2.62. The molecular weight excluding hydrogens is 251 g/mol. The molecule has 0 aliphatic heterocycles. The van der Waals surface area contributed by atoms with Gasteiger partial charge in [-0.2, -0.15) is 0 Å². The second-order valence-electron chi connectivity index (χ2n) is 3.35. The van der Waals surface area contributed by atoms with E-state index in [0.717, 1.165) is 10.3 Å². The summed E-state index contributed by atoms with van der Waals surface area (Å²) in [7, 11) is 0. The maximum Gasteiger partial charge on any atom is 0.146 e. The molecule has 1 aliphatic carbocycles. The van der Waals surface area contributed by atoms with Gasteiger partial charge in [-0.3, -0.25) is 0 Å². The van der Waals surface area contributed by atoms with Crippen molar-refractivity contribution in [3.63, 3.8) is 0 Å². The first-order chi connectivity index (χ1) is 6.27. The first kappa shape index (κ1) is 9.41.